The standard InChI is InChI=1S/C17H20INO/c1-11-3-6-13(7-4-11)20-16-10-9-15-14(17(16)18)8-5-12(2)19-15/h5,8-11,13H,3-4,6-7H2,1-2H3/t11-,13+. The molecule has 1 heterocycles. The van der Waals surface area contributed by atoms with Gasteiger partial charge in [0.15, 0.2) is 0 Å². The van der Waals surface area contributed by atoms with Gasteiger partial charge in [-0.1, -0.05) is 6.92 Å². The van der Waals surface area contributed by atoms with Gasteiger partial charge in [-0.05, 0) is 85.4 Å². The van der Waals surface area contributed by atoms with E-state index in [0.29, 0.717) is 6.10 Å². The molecule has 0 aliphatic heterocycles. The van der Waals surface area contributed by atoms with Gasteiger partial charge in [-0.15, -0.1) is 0 Å². The number of hydrogen-bond acceptors (Lipinski definition) is 2. The number of aryl methyl sites for hydroxylation is 1. The maximum Gasteiger partial charge on any atom is 0.133 e. The van der Waals surface area contributed by atoms with Crippen molar-refractivity contribution in [1.29, 1.82) is 0 Å². The Bertz CT molecular complexity index is 618. The molecule has 1 aromatic carbocycles. The number of hydrogen-bond donors (Lipinski definition) is 0. The van der Waals surface area contributed by atoms with E-state index in [1.165, 1.54) is 34.6 Å². The summed E-state index contributed by atoms with van der Waals surface area (Å²) in [4.78, 5) is 4.57. The largest absolute Gasteiger partial charge is 0.489 e. The summed E-state index contributed by atoms with van der Waals surface area (Å²) in [6.45, 7) is 4.36. The van der Waals surface area contributed by atoms with Gasteiger partial charge in [0.05, 0.1) is 15.2 Å². The van der Waals surface area contributed by atoms with Gasteiger partial charge in [0.1, 0.15) is 5.75 Å². The maximum absolute atomic E-state index is 6.24. The van der Waals surface area contributed by atoms with Gasteiger partial charge in [-0.2, -0.15) is 0 Å². The zero-order valence-electron chi connectivity index (χ0n) is 12.0. The summed E-state index contributed by atoms with van der Waals surface area (Å²) >= 11 is 2.39. The van der Waals surface area contributed by atoms with Crippen molar-refractivity contribution >= 4 is 33.5 Å². The van der Waals surface area contributed by atoms with Crippen LogP contribution in [-0.2, 0) is 0 Å². The van der Waals surface area contributed by atoms with Crippen LogP contribution in [0.2, 0.25) is 0 Å². The highest BCUT2D eigenvalue weighted by Crippen LogP contribution is 2.32. The van der Waals surface area contributed by atoms with Gasteiger partial charge in [0.25, 0.3) is 0 Å². The molecular weight excluding hydrogens is 361 g/mol. The molecule has 0 spiro atoms. The van der Waals surface area contributed by atoms with E-state index in [-0.39, 0.29) is 0 Å². The molecule has 0 bridgehead atoms. The second-order valence-corrected chi connectivity index (χ2v) is 6.98. The molecule has 1 fully saturated rings. The minimum Gasteiger partial charge on any atom is -0.489 e. The predicted molar refractivity (Wildman–Crippen MR) is 91.2 cm³/mol. The van der Waals surface area contributed by atoms with Gasteiger partial charge >= 0.3 is 0 Å². The Labute approximate surface area is 134 Å². The predicted octanol–water partition coefficient (Wildman–Crippen LogP) is 5.11. The minimum atomic E-state index is 0.385. The molecule has 1 aromatic heterocycles. The van der Waals surface area contributed by atoms with E-state index in [9.17, 15) is 0 Å². The first-order chi connectivity index (χ1) is 9.63. The van der Waals surface area contributed by atoms with E-state index >= 15 is 0 Å². The second-order valence-electron chi connectivity index (χ2n) is 5.90. The van der Waals surface area contributed by atoms with Crippen molar-refractivity contribution in [1.82, 2.24) is 4.98 Å². The summed E-state index contributed by atoms with van der Waals surface area (Å²) in [7, 11) is 0. The van der Waals surface area contributed by atoms with E-state index in [1.54, 1.807) is 0 Å². The lowest BCUT2D eigenvalue weighted by Gasteiger charge is -2.27. The van der Waals surface area contributed by atoms with E-state index in [4.69, 9.17) is 4.74 Å². The lowest BCUT2D eigenvalue weighted by Crippen LogP contribution is -2.23. The van der Waals surface area contributed by atoms with E-state index in [2.05, 4.69) is 58.8 Å². The van der Waals surface area contributed by atoms with Crippen molar-refractivity contribution in [2.24, 2.45) is 5.92 Å². The molecule has 2 nitrogen and oxygen atoms in total. The first-order valence-corrected chi connectivity index (χ1v) is 8.44. The molecule has 3 rings (SSSR count). The fourth-order valence-electron chi connectivity index (χ4n) is 2.87. The third kappa shape index (κ3) is 2.92. The monoisotopic (exact) mass is 381 g/mol. The molecule has 1 aliphatic rings. The van der Waals surface area contributed by atoms with Crippen LogP contribution in [0.25, 0.3) is 10.9 Å². The lowest BCUT2D eigenvalue weighted by molar-refractivity contribution is 0.135. The molecule has 2 aromatic rings. The van der Waals surface area contributed by atoms with Gasteiger partial charge < -0.3 is 4.74 Å². The van der Waals surface area contributed by atoms with Crippen LogP contribution in [0.3, 0.4) is 0 Å². The topological polar surface area (TPSA) is 22.1 Å². The normalized spacial score (nSPS) is 22.9. The highest BCUT2D eigenvalue weighted by Gasteiger charge is 2.20. The molecule has 1 saturated carbocycles. The van der Waals surface area contributed by atoms with Crippen LogP contribution in [-0.4, -0.2) is 11.1 Å². The van der Waals surface area contributed by atoms with Crippen molar-refractivity contribution in [3.05, 3.63) is 33.5 Å². The molecule has 106 valence electrons. The summed E-state index contributed by atoms with van der Waals surface area (Å²) in [5, 5.41) is 1.19. The van der Waals surface area contributed by atoms with Crippen LogP contribution < -0.4 is 4.74 Å². The Balaban J connectivity index is 1.85. The average molecular weight is 381 g/mol. The number of aromatic nitrogens is 1. The number of ether oxygens (including phenoxy) is 1. The van der Waals surface area contributed by atoms with Crippen molar-refractivity contribution < 1.29 is 4.74 Å². The van der Waals surface area contributed by atoms with Crippen LogP contribution in [0.1, 0.15) is 38.3 Å². The highest BCUT2D eigenvalue weighted by atomic mass is 127. The third-order valence-electron chi connectivity index (χ3n) is 4.17. The Morgan fingerprint density at radius 2 is 1.85 bits per heavy atom. The Morgan fingerprint density at radius 3 is 2.60 bits per heavy atom. The van der Waals surface area contributed by atoms with Crippen molar-refractivity contribution in [2.75, 3.05) is 0 Å². The molecule has 0 N–H and O–H groups in total. The van der Waals surface area contributed by atoms with E-state index in [0.717, 1.165) is 22.9 Å². The maximum atomic E-state index is 6.24. The Hall–Kier alpha value is -0.840. The third-order valence-corrected chi connectivity index (χ3v) is 5.28. The molecule has 3 heteroatoms. The first kappa shape index (κ1) is 14.1. The van der Waals surface area contributed by atoms with Gasteiger partial charge in [0, 0.05) is 11.1 Å². The van der Waals surface area contributed by atoms with Gasteiger partial charge in [-0.3, -0.25) is 4.98 Å². The zero-order valence-corrected chi connectivity index (χ0v) is 14.2. The first-order valence-electron chi connectivity index (χ1n) is 7.36. The highest BCUT2D eigenvalue weighted by molar-refractivity contribution is 14.1. The molecule has 0 amide bonds. The van der Waals surface area contributed by atoms with Crippen molar-refractivity contribution in [2.45, 2.75) is 45.6 Å². The fourth-order valence-corrected chi connectivity index (χ4v) is 3.63. The van der Waals surface area contributed by atoms with Gasteiger partial charge in [0.2, 0.25) is 0 Å². The summed E-state index contributed by atoms with van der Waals surface area (Å²) in [5.41, 5.74) is 2.11. The molecule has 0 radical (unpaired) electrons. The number of rotatable bonds is 2. The van der Waals surface area contributed by atoms with E-state index < -0.39 is 0 Å². The van der Waals surface area contributed by atoms with Crippen molar-refractivity contribution in [3.8, 4) is 5.75 Å². The SMILES string of the molecule is Cc1ccc2c(I)c(O[C@H]3CC[C@@H](C)CC3)ccc2n1. The minimum absolute atomic E-state index is 0.385. The number of pyridine rings is 1. The summed E-state index contributed by atoms with van der Waals surface area (Å²) in [5.74, 6) is 1.88. The summed E-state index contributed by atoms with van der Waals surface area (Å²) in [6, 6.07) is 8.37. The van der Waals surface area contributed by atoms with Gasteiger partial charge in [-0.25, -0.2) is 0 Å². The van der Waals surface area contributed by atoms with Crippen LogP contribution in [0.5, 0.6) is 5.75 Å². The fraction of sp³-hybridized carbons (Fsp3) is 0.471. The number of nitrogens with zero attached hydrogens (tertiary/aromatic N) is 1. The smallest absolute Gasteiger partial charge is 0.133 e. The second kappa shape index (κ2) is 5.88. The van der Waals surface area contributed by atoms with Crippen LogP contribution in [0, 0.1) is 16.4 Å². The van der Waals surface area contributed by atoms with Crippen LogP contribution in [0.4, 0.5) is 0 Å². The Kier molecular flexibility index (Phi) is 4.15. The quantitative estimate of drug-likeness (QED) is 0.675. The summed E-state index contributed by atoms with van der Waals surface area (Å²) in [6.07, 6.45) is 5.32. The molecule has 0 unspecified atom stereocenters. The molecule has 20 heavy (non-hydrogen) atoms. The Morgan fingerprint density at radius 1 is 1.10 bits per heavy atom. The zero-order chi connectivity index (χ0) is 14.1. The molecular formula is C17H20INO. The molecule has 1 aliphatic carbocycles. The van der Waals surface area contributed by atoms with Crippen LogP contribution in [0.15, 0.2) is 24.3 Å². The van der Waals surface area contributed by atoms with Crippen LogP contribution >= 0.6 is 22.6 Å². The molecule has 0 atom stereocenters. The number of halogens is 1. The van der Waals surface area contributed by atoms with Crippen molar-refractivity contribution in [3.63, 3.8) is 0 Å². The lowest BCUT2D eigenvalue weighted by atomic mass is 9.89. The molecule has 0 saturated heterocycles. The summed E-state index contributed by atoms with van der Waals surface area (Å²) < 4.78 is 7.42. The average Bonchev–Trinajstić information content (AvgIpc) is 2.44. The number of fused-ring (bicyclic) bond motifs is 1. The van der Waals surface area contributed by atoms with E-state index in [1.807, 2.05) is 6.92 Å². The number of benzene rings is 1.